The Morgan fingerprint density at radius 1 is 1.15 bits per heavy atom. The van der Waals surface area contributed by atoms with E-state index in [1.807, 2.05) is 0 Å². The van der Waals surface area contributed by atoms with Crippen molar-refractivity contribution in [2.45, 2.75) is 65.8 Å². The van der Waals surface area contributed by atoms with Gasteiger partial charge in [-0.3, -0.25) is 0 Å². The number of rotatable bonds is 7. The van der Waals surface area contributed by atoms with Gasteiger partial charge in [0.1, 0.15) is 0 Å². The highest BCUT2D eigenvalue weighted by Gasteiger charge is 2.13. The lowest BCUT2D eigenvalue weighted by molar-refractivity contribution is 0.348. The van der Waals surface area contributed by atoms with Crippen molar-refractivity contribution in [3.8, 4) is 0 Å². The van der Waals surface area contributed by atoms with Crippen LogP contribution in [0.15, 0.2) is 0 Å². The molecule has 0 fully saturated rings. The Morgan fingerprint density at radius 2 is 1.77 bits per heavy atom. The second kappa shape index (κ2) is 7.37. The third kappa shape index (κ3) is 6.09. The van der Waals surface area contributed by atoms with Gasteiger partial charge in [-0.05, 0) is 18.3 Å². The van der Waals surface area contributed by atoms with Crippen molar-refractivity contribution >= 4 is 0 Å². The Morgan fingerprint density at radius 3 is 2.23 bits per heavy atom. The highest BCUT2D eigenvalue weighted by molar-refractivity contribution is 4.70. The molecule has 13 heavy (non-hydrogen) atoms. The predicted octanol–water partition coefficient (Wildman–Crippen LogP) is 3.58. The molecule has 0 aromatic heterocycles. The molecule has 0 aliphatic carbocycles. The van der Waals surface area contributed by atoms with Crippen molar-refractivity contribution in [3.05, 3.63) is 0 Å². The van der Waals surface area contributed by atoms with Gasteiger partial charge in [0.05, 0.1) is 0 Å². The van der Waals surface area contributed by atoms with Crippen LogP contribution in [-0.2, 0) is 0 Å². The van der Waals surface area contributed by atoms with E-state index in [2.05, 4.69) is 27.7 Å². The van der Waals surface area contributed by atoms with Gasteiger partial charge in [0.2, 0.25) is 0 Å². The van der Waals surface area contributed by atoms with Crippen LogP contribution in [-0.4, -0.2) is 6.04 Å². The Labute approximate surface area is 84.1 Å². The Hall–Kier alpha value is -0.0400. The fraction of sp³-hybridized carbons (Fsp3) is 1.00. The van der Waals surface area contributed by atoms with E-state index in [0.29, 0.717) is 12.0 Å². The molecule has 0 aromatic carbocycles. The maximum atomic E-state index is 6.10. The van der Waals surface area contributed by atoms with Crippen LogP contribution in [0.5, 0.6) is 0 Å². The van der Waals surface area contributed by atoms with E-state index in [9.17, 15) is 0 Å². The number of nitrogens with two attached hydrogens (primary N) is 1. The van der Waals surface area contributed by atoms with Gasteiger partial charge in [-0.2, -0.15) is 0 Å². The van der Waals surface area contributed by atoms with Crippen LogP contribution in [0.3, 0.4) is 0 Å². The zero-order chi connectivity index (χ0) is 10.3. The summed E-state index contributed by atoms with van der Waals surface area (Å²) in [6, 6.07) is 0.414. The molecule has 80 valence electrons. The molecular formula is C12H27N. The molecule has 0 saturated heterocycles. The lowest BCUT2D eigenvalue weighted by atomic mass is 9.89. The summed E-state index contributed by atoms with van der Waals surface area (Å²) in [7, 11) is 0. The third-order valence-electron chi connectivity index (χ3n) is 3.10. The fourth-order valence-corrected chi connectivity index (χ4v) is 1.67. The lowest BCUT2D eigenvalue weighted by Gasteiger charge is -2.21. The summed E-state index contributed by atoms with van der Waals surface area (Å²) in [5, 5.41) is 0. The minimum absolute atomic E-state index is 0.414. The topological polar surface area (TPSA) is 26.0 Å². The van der Waals surface area contributed by atoms with Crippen LogP contribution >= 0.6 is 0 Å². The van der Waals surface area contributed by atoms with Gasteiger partial charge in [0.25, 0.3) is 0 Å². The van der Waals surface area contributed by atoms with E-state index in [1.54, 1.807) is 0 Å². The van der Waals surface area contributed by atoms with Crippen molar-refractivity contribution in [1.29, 1.82) is 0 Å². The van der Waals surface area contributed by atoms with Crippen LogP contribution in [0.25, 0.3) is 0 Å². The zero-order valence-electron chi connectivity index (χ0n) is 9.84. The van der Waals surface area contributed by atoms with E-state index in [0.717, 1.165) is 5.92 Å². The third-order valence-corrected chi connectivity index (χ3v) is 3.10. The summed E-state index contributed by atoms with van der Waals surface area (Å²) >= 11 is 0. The van der Waals surface area contributed by atoms with Gasteiger partial charge in [-0.15, -0.1) is 0 Å². The minimum Gasteiger partial charge on any atom is -0.327 e. The molecule has 2 N–H and O–H groups in total. The quantitative estimate of drug-likeness (QED) is 0.644. The summed E-state index contributed by atoms with van der Waals surface area (Å²) in [6.45, 7) is 9.07. The molecule has 0 aliphatic rings. The molecule has 0 aromatic rings. The first-order valence-corrected chi connectivity index (χ1v) is 5.87. The van der Waals surface area contributed by atoms with Crippen LogP contribution < -0.4 is 5.73 Å². The Kier molecular flexibility index (Phi) is 7.35. The molecule has 0 aliphatic heterocycles. The monoisotopic (exact) mass is 185 g/mol. The van der Waals surface area contributed by atoms with Gasteiger partial charge in [0, 0.05) is 6.04 Å². The largest absolute Gasteiger partial charge is 0.327 e. The summed E-state index contributed by atoms with van der Waals surface area (Å²) in [6.07, 6.45) is 6.43. The Balaban J connectivity index is 3.57. The number of unbranched alkanes of at least 4 members (excludes halogenated alkanes) is 1. The normalized spacial score (nSPS) is 18.2. The molecule has 3 unspecified atom stereocenters. The molecule has 3 atom stereocenters. The summed E-state index contributed by atoms with van der Waals surface area (Å²) in [4.78, 5) is 0. The molecule has 0 radical (unpaired) electrons. The number of hydrogen-bond donors (Lipinski definition) is 1. The SMILES string of the molecule is CCCCC(C)CC(N)C(C)CC. The van der Waals surface area contributed by atoms with Gasteiger partial charge >= 0.3 is 0 Å². The molecular weight excluding hydrogens is 158 g/mol. The second-order valence-corrected chi connectivity index (χ2v) is 4.53. The van der Waals surface area contributed by atoms with Crippen LogP contribution in [0, 0.1) is 11.8 Å². The van der Waals surface area contributed by atoms with Crippen LogP contribution in [0.2, 0.25) is 0 Å². The first kappa shape index (κ1) is 13.0. The van der Waals surface area contributed by atoms with Gasteiger partial charge in [-0.1, -0.05) is 53.4 Å². The van der Waals surface area contributed by atoms with E-state index in [1.165, 1.54) is 32.1 Å². The van der Waals surface area contributed by atoms with Gasteiger partial charge in [0.15, 0.2) is 0 Å². The summed E-state index contributed by atoms with van der Waals surface area (Å²) in [5.41, 5.74) is 6.10. The lowest BCUT2D eigenvalue weighted by Crippen LogP contribution is -2.29. The summed E-state index contributed by atoms with van der Waals surface area (Å²) < 4.78 is 0. The molecule has 0 rings (SSSR count). The molecule has 0 spiro atoms. The van der Waals surface area contributed by atoms with Crippen LogP contribution in [0.1, 0.15) is 59.8 Å². The fourth-order valence-electron chi connectivity index (χ4n) is 1.67. The van der Waals surface area contributed by atoms with Crippen molar-refractivity contribution < 1.29 is 0 Å². The average molecular weight is 185 g/mol. The molecule has 1 heteroatoms. The number of hydrogen-bond acceptors (Lipinski definition) is 1. The van der Waals surface area contributed by atoms with Crippen molar-refractivity contribution in [2.24, 2.45) is 17.6 Å². The molecule has 0 amide bonds. The van der Waals surface area contributed by atoms with Gasteiger partial charge < -0.3 is 5.73 Å². The summed E-state index contributed by atoms with van der Waals surface area (Å²) in [5.74, 6) is 1.49. The average Bonchev–Trinajstić information content (AvgIpc) is 2.13. The van der Waals surface area contributed by atoms with Crippen molar-refractivity contribution in [3.63, 3.8) is 0 Å². The molecule has 0 bridgehead atoms. The minimum atomic E-state index is 0.414. The highest BCUT2D eigenvalue weighted by atomic mass is 14.6. The van der Waals surface area contributed by atoms with E-state index in [-0.39, 0.29) is 0 Å². The predicted molar refractivity (Wildman–Crippen MR) is 60.7 cm³/mol. The maximum absolute atomic E-state index is 6.10. The standard InChI is InChI=1S/C12H27N/c1-5-7-8-10(3)9-12(13)11(4)6-2/h10-12H,5-9,13H2,1-4H3. The van der Waals surface area contributed by atoms with E-state index >= 15 is 0 Å². The first-order chi connectivity index (χ1) is 6.11. The smallest absolute Gasteiger partial charge is 0.00669 e. The first-order valence-electron chi connectivity index (χ1n) is 5.87. The van der Waals surface area contributed by atoms with E-state index < -0.39 is 0 Å². The molecule has 0 saturated carbocycles. The van der Waals surface area contributed by atoms with Gasteiger partial charge in [-0.25, -0.2) is 0 Å². The molecule has 1 nitrogen and oxygen atoms in total. The van der Waals surface area contributed by atoms with Crippen molar-refractivity contribution in [2.75, 3.05) is 0 Å². The van der Waals surface area contributed by atoms with E-state index in [4.69, 9.17) is 5.73 Å². The second-order valence-electron chi connectivity index (χ2n) is 4.53. The van der Waals surface area contributed by atoms with Crippen molar-refractivity contribution in [1.82, 2.24) is 0 Å². The van der Waals surface area contributed by atoms with Crippen LogP contribution in [0.4, 0.5) is 0 Å². The maximum Gasteiger partial charge on any atom is 0.00669 e. The molecule has 0 heterocycles. The highest BCUT2D eigenvalue weighted by Crippen LogP contribution is 2.18. The zero-order valence-corrected chi connectivity index (χ0v) is 9.84. The Bertz CT molecular complexity index is 112.